The molecule has 0 aliphatic carbocycles. The topological polar surface area (TPSA) is 95.8 Å². The summed E-state index contributed by atoms with van der Waals surface area (Å²) in [7, 11) is 0. The number of halogens is 3. The lowest BCUT2D eigenvalue weighted by Gasteiger charge is -2.21. The molecule has 126 valence electrons. The summed E-state index contributed by atoms with van der Waals surface area (Å²) in [5.41, 5.74) is 0.0139. The first-order valence-corrected chi connectivity index (χ1v) is 6.59. The molecule has 0 spiro atoms. The van der Waals surface area contributed by atoms with Gasteiger partial charge in [0.25, 0.3) is 0 Å². The van der Waals surface area contributed by atoms with Gasteiger partial charge in [0.15, 0.2) is 0 Å². The van der Waals surface area contributed by atoms with Crippen molar-refractivity contribution in [2.45, 2.75) is 25.6 Å². The third kappa shape index (κ3) is 4.55. The number of aromatic nitrogens is 1. The second-order valence-corrected chi connectivity index (χ2v) is 5.53. The van der Waals surface area contributed by atoms with Gasteiger partial charge in [-0.1, -0.05) is 0 Å². The predicted octanol–water partition coefficient (Wildman–Crippen LogP) is 1.73. The van der Waals surface area contributed by atoms with E-state index in [0.717, 1.165) is 6.07 Å². The van der Waals surface area contributed by atoms with E-state index in [2.05, 4.69) is 20.1 Å². The van der Waals surface area contributed by atoms with Crippen LogP contribution in [0.3, 0.4) is 0 Å². The van der Waals surface area contributed by atoms with Crippen LogP contribution in [0.15, 0.2) is 17.4 Å². The van der Waals surface area contributed by atoms with Crippen LogP contribution in [0.2, 0.25) is 0 Å². The molecule has 1 aromatic rings. The van der Waals surface area contributed by atoms with Crippen LogP contribution in [-0.2, 0) is 10.9 Å². The first-order valence-electron chi connectivity index (χ1n) is 6.59. The lowest BCUT2D eigenvalue weighted by atomic mass is 10.1. The summed E-state index contributed by atoms with van der Waals surface area (Å²) < 4.78 is 44.2. The molecule has 3 N–H and O–H groups in total. The molecule has 1 amide bonds. The highest BCUT2D eigenvalue weighted by atomic mass is 19.4. The zero-order chi connectivity index (χ0) is 17.3. The third-order valence-corrected chi connectivity index (χ3v) is 2.84. The second kappa shape index (κ2) is 6.03. The van der Waals surface area contributed by atoms with Crippen molar-refractivity contribution in [3.05, 3.63) is 23.4 Å². The number of carbonyl (C=O) groups is 1. The quantitative estimate of drug-likeness (QED) is 0.780. The summed E-state index contributed by atoms with van der Waals surface area (Å²) in [4.78, 5) is 14.6. The van der Waals surface area contributed by atoms with Gasteiger partial charge in [-0.15, -0.1) is 0 Å². The number of alkyl halides is 3. The van der Waals surface area contributed by atoms with Crippen molar-refractivity contribution in [2.24, 2.45) is 5.10 Å². The molecule has 0 saturated heterocycles. The summed E-state index contributed by atoms with van der Waals surface area (Å²) in [6.07, 6.45) is -4.24. The summed E-state index contributed by atoms with van der Waals surface area (Å²) in [5, 5.41) is 15.7. The van der Waals surface area contributed by atoms with E-state index in [9.17, 15) is 23.1 Å². The minimum Gasteiger partial charge on any atom is -0.442 e. The van der Waals surface area contributed by atoms with E-state index < -0.39 is 29.3 Å². The lowest BCUT2D eigenvalue weighted by molar-refractivity contribution is -0.137. The molecule has 2 heterocycles. The maximum absolute atomic E-state index is 13.2. The molecular weight excluding hydrogens is 317 g/mol. The Morgan fingerprint density at radius 2 is 2.13 bits per heavy atom. The van der Waals surface area contributed by atoms with E-state index in [1.165, 1.54) is 20.0 Å². The summed E-state index contributed by atoms with van der Waals surface area (Å²) in [6.45, 7) is 2.56. The highest BCUT2D eigenvalue weighted by molar-refractivity contribution is 6.03. The number of hydrazone groups is 1. The van der Waals surface area contributed by atoms with E-state index in [1.54, 1.807) is 0 Å². The number of carbonyl (C=O) groups excluding carboxylic acids is 1. The van der Waals surface area contributed by atoms with Crippen LogP contribution in [0.25, 0.3) is 0 Å². The Morgan fingerprint density at radius 1 is 1.43 bits per heavy atom. The van der Waals surface area contributed by atoms with Gasteiger partial charge in [-0.05, 0) is 19.9 Å². The van der Waals surface area contributed by atoms with Crippen LogP contribution in [0, 0.1) is 0 Å². The largest absolute Gasteiger partial charge is 0.442 e. The number of rotatable bonds is 4. The fraction of sp³-hybridized carbons (Fsp3) is 0.462. The number of amides is 1. The first-order chi connectivity index (χ1) is 10.6. The van der Waals surface area contributed by atoms with Gasteiger partial charge >= 0.3 is 12.3 Å². The number of anilines is 1. The van der Waals surface area contributed by atoms with Crippen molar-refractivity contribution in [1.29, 1.82) is 0 Å². The van der Waals surface area contributed by atoms with E-state index in [-0.39, 0.29) is 24.4 Å². The fourth-order valence-corrected chi connectivity index (χ4v) is 1.74. The van der Waals surface area contributed by atoms with Crippen molar-refractivity contribution in [1.82, 2.24) is 10.4 Å². The maximum atomic E-state index is 13.2. The van der Waals surface area contributed by atoms with Crippen LogP contribution in [0.1, 0.15) is 25.0 Å². The summed E-state index contributed by atoms with van der Waals surface area (Å²) in [5.74, 6) is -0.398. The minimum atomic E-state index is -4.65. The second-order valence-electron chi connectivity index (χ2n) is 5.53. The van der Waals surface area contributed by atoms with E-state index in [4.69, 9.17) is 0 Å². The molecule has 7 nitrogen and oxygen atoms in total. The van der Waals surface area contributed by atoms with Gasteiger partial charge in [0.1, 0.15) is 18.1 Å². The van der Waals surface area contributed by atoms with Crippen LogP contribution < -0.4 is 10.7 Å². The number of nitrogens with zero attached hydrogens (tertiary/aromatic N) is 2. The molecule has 0 bridgehead atoms. The standard InChI is InChI=1S/C13H15F3N4O3/c1-12(2,22)6-18-10-8(13(14,15)16)3-7(4-17-10)9-5-23-11(21)20-19-9/h3-4,22H,5-6H2,1-2H3,(H,17,18)(H,20,21). The Morgan fingerprint density at radius 3 is 2.65 bits per heavy atom. The Balaban J connectivity index is 2.33. The molecule has 0 aromatic carbocycles. The summed E-state index contributed by atoms with van der Waals surface area (Å²) in [6, 6.07) is 0.860. The molecular formula is C13H15F3N4O3. The fourth-order valence-electron chi connectivity index (χ4n) is 1.74. The van der Waals surface area contributed by atoms with E-state index >= 15 is 0 Å². The monoisotopic (exact) mass is 332 g/mol. The van der Waals surface area contributed by atoms with Crippen molar-refractivity contribution < 1.29 is 27.8 Å². The van der Waals surface area contributed by atoms with E-state index in [0.29, 0.717) is 0 Å². The van der Waals surface area contributed by atoms with Crippen LogP contribution in [-0.4, -0.2) is 40.6 Å². The zero-order valence-corrected chi connectivity index (χ0v) is 12.4. The normalized spacial score (nSPS) is 15.6. The van der Waals surface area contributed by atoms with Crippen LogP contribution in [0.5, 0.6) is 0 Å². The Hall–Kier alpha value is -2.36. The first kappa shape index (κ1) is 17.0. The van der Waals surface area contributed by atoms with Gasteiger partial charge in [-0.3, -0.25) is 0 Å². The van der Waals surface area contributed by atoms with Gasteiger partial charge in [0, 0.05) is 18.3 Å². The highest BCUT2D eigenvalue weighted by Crippen LogP contribution is 2.34. The average molecular weight is 332 g/mol. The molecule has 2 rings (SSSR count). The average Bonchev–Trinajstić information content (AvgIpc) is 2.44. The number of nitrogens with one attached hydrogen (secondary N) is 2. The maximum Gasteiger partial charge on any atom is 0.428 e. The Kier molecular flexibility index (Phi) is 4.46. The number of aliphatic hydroxyl groups is 1. The molecule has 0 atom stereocenters. The van der Waals surface area contributed by atoms with E-state index in [1.807, 2.05) is 5.43 Å². The van der Waals surface area contributed by atoms with Gasteiger partial charge < -0.3 is 15.2 Å². The number of pyridine rings is 1. The zero-order valence-electron chi connectivity index (χ0n) is 12.4. The molecule has 0 fully saturated rings. The SMILES string of the molecule is CC(C)(O)CNc1ncc(C2=NNC(=O)OC2)cc1C(F)(F)F. The van der Waals surface area contributed by atoms with Crippen LogP contribution in [0.4, 0.5) is 23.8 Å². The highest BCUT2D eigenvalue weighted by Gasteiger charge is 2.35. The number of hydrogen-bond acceptors (Lipinski definition) is 6. The molecule has 1 aromatic heterocycles. The van der Waals surface area contributed by atoms with Crippen molar-refractivity contribution in [3.63, 3.8) is 0 Å². The van der Waals surface area contributed by atoms with Crippen molar-refractivity contribution in [2.75, 3.05) is 18.5 Å². The third-order valence-electron chi connectivity index (χ3n) is 2.84. The number of cyclic esters (lactones) is 1. The molecule has 23 heavy (non-hydrogen) atoms. The number of hydrogen-bond donors (Lipinski definition) is 3. The van der Waals surface area contributed by atoms with Gasteiger partial charge in [-0.25, -0.2) is 15.2 Å². The van der Waals surface area contributed by atoms with Crippen molar-refractivity contribution >= 4 is 17.6 Å². The molecule has 0 unspecified atom stereocenters. The molecule has 1 aliphatic heterocycles. The lowest BCUT2D eigenvalue weighted by Crippen LogP contribution is -2.32. The van der Waals surface area contributed by atoms with Gasteiger partial charge in [-0.2, -0.15) is 18.3 Å². The molecule has 0 saturated carbocycles. The molecule has 0 radical (unpaired) electrons. The van der Waals surface area contributed by atoms with Gasteiger partial charge in [0.05, 0.1) is 11.2 Å². The van der Waals surface area contributed by atoms with Crippen LogP contribution >= 0.6 is 0 Å². The Bertz CT molecular complexity index is 638. The Labute approximate surface area is 129 Å². The summed E-state index contributed by atoms with van der Waals surface area (Å²) >= 11 is 0. The van der Waals surface area contributed by atoms with Crippen molar-refractivity contribution in [3.8, 4) is 0 Å². The molecule has 1 aliphatic rings. The number of ether oxygens (including phenoxy) is 1. The van der Waals surface area contributed by atoms with Gasteiger partial charge in [0.2, 0.25) is 0 Å². The molecule has 10 heteroatoms. The minimum absolute atomic E-state index is 0.0751. The predicted molar refractivity (Wildman–Crippen MR) is 75.0 cm³/mol. The smallest absolute Gasteiger partial charge is 0.428 e.